The maximum Gasteiger partial charge on any atom is 0.0624 e. The highest BCUT2D eigenvalue weighted by molar-refractivity contribution is 6.42. The Morgan fingerprint density at radius 1 is 1.32 bits per heavy atom. The highest BCUT2D eigenvalue weighted by atomic mass is 35.5. The van der Waals surface area contributed by atoms with Crippen LogP contribution in [-0.4, -0.2) is 13.1 Å². The quantitative estimate of drug-likeness (QED) is 0.811. The van der Waals surface area contributed by atoms with Crippen molar-refractivity contribution in [3.8, 4) is 0 Å². The van der Waals surface area contributed by atoms with E-state index in [9.17, 15) is 0 Å². The molecule has 1 nitrogen and oxygen atoms in total. The fourth-order valence-electron chi connectivity index (χ4n) is 3.30. The predicted molar refractivity (Wildman–Crippen MR) is 84.1 cm³/mol. The highest BCUT2D eigenvalue weighted by Crippen LogP contribution is 2.36. The number of nitrogens with one attached hydrogen (secondary N) is 1. The lowest BCUT2D eigenvalue weighted by Crippen LogP contribution is -2.34. The van der Waals surface area contributed by atoms with Gasteiger partial charge >= 0.3 is 0 Å². The van der Waals surface area contributed by atoms with Gasteiger partial charge in [0.1, 0.15) is 0 Å². The molecule has 0 heterocycles. The van der Waals surface area contributed by atoms with Crippen molar-refractivity contribution in [3.63, 3.8) is 0 Å². The van der Waals surface area contributed by atoms with Crippen molar-refractivity contribution in [1.29, 1.82) is 0 Å². The van der Waals surface area contributed by atoms with Crippen LogP contribution >= 0.6 is 23.2 Å². The maximum absolute atomic E-state index is 6.30. The first-order chi connectivity index (χ1) is 9.15. The van der Waals surface area contributed by atoms with E-state index in [-0.39, 0.29) is 0 Å². The number of rotatable bonds is 5. The van der Waals surface area contributed by atoms with Crippen molar-refractivity contribution < 1.29 is 0 Å². The third kappa shape index (κ3) is 3.65. The highest BCUT2D eigenvalue weighted by Gasteiger charge is 2.29. The van der Waals surface area contributed by atoms with E-state index in [4.69, 9.17) is 23.2 Å². The second-order valence-electron chi connectivity index (χ2n) is 5.66. The normalized spacial score (nSPS) is 24.6. The zero-order valence-electron chi connectivity index (χ0n) is 11.8. The predicted octanol–water partition coefficient (Wildman–Crippen LogP) is 4.95. The zero-order valence-corrected chi connectivity index (χ0v) is 13.3. The average Bonchev–Trinajstić information content (AvgIpc) is 2.89. The Labute approximate surface area is 126 Å². The molecule has 0 aromatic heterocycles. The van der Waals surface area contributed by atoms with Crippen LogP contribution in [0, 0.1) is 11.8 Å². The summed E-state index contributed by atoms with van der Waals surface area (Å²) in [5.74, 6) is 1.68. The molecule has 0 aliphatic heterocycles. The van der Waals surface area contributed by atoms with Gasteiger partial charge in [-0.25, -0.2) is 0 Å². The van der Waals surface area contributed by atoms with Gasteiger partial charge in [-0.3, -0.25) is 0 Å². The summed E-state index contributed by atoms with van der Waals surface area (Å²) in [6, 6.07) is 6.43. The summed E-state index contributed by atoms with van der Waals surface area (Å²) in [4.78, 5) is 0. The molecule has 0 saturated heterocycles. The molecule has 0 radical (unpaired) electrons. The molecule has 3 atom stereocenters. The lowest BCUT2D eigenvalue weighted by molar-refractivity contribution is 0.361. The van der Waals surface area contributed by atoms with E-state index in [2.05, 4.69) is 25.4 Å². The van der Waals surface area contributed by atoms with Gasteiger partial charge in [0, 0.05) is 6.04 Å². The van der Waals surface area contributed by atoms with Crippen LogP contribution in [0.4, 0.5) is 0 Å². The Morgan fingerprint density at radius 3 is 2.74 bits per heavy atom. The Morgan fingerprint density at radius 2 is 2.11 bits per heavy atom. The summed E-state index contributed by atoms with van der Waals surface area (Å²) in [7, 11) is 2.06. The molecular weight excluding hydrogens is 277 g/mol. The van der Waals surface area contributed by atoms with Crippen LogP contribution in [-0.2, 0) is 6.42 Å². The molecule has 1 N–H and O–H groups in total. The summed E-state index contributed by atoms with van der Waals surface area (Å²) in [6.07, 6.45) is 6.34. The van der Waals surface area contributed by atoms with Crippen molar-refractivity contribution in [3.05, 3.63) is 33.8 Å². The smallest absolute Gasteiger partial charge is 0.0624 e. The number of hydrogen-bond donors (Lipinski definition) is 1. The van der Waals surface area contributed by atoms with E-state index >= 15 is 0 Å². The van der Waals surface area contributed by atoms with E-state index in [1.54, 1.807) is 0 Å². The minimum absolute atomic E-state index is 0.507. The maximum atomic E-state index is 6.30. The molecule has 1 saturated carbocycles. The fourth-order valence-corrected chi connectivity index (χ4v) is 3.69. The van der Waals surface area contributed by atoms with Gasteiger partial charge in [-0.15, -0.1) is 0 Å². The number of hydrogen-bond acceptors (Lipinski definition) is 1. The van der Waals surface area contributed by atoms with Gasteiger partial charge in [-0.2, -0.15) is 0 Å². The summed E-state index contributed by atoms with van der Waals surface area (Å²) >= 11 is 12.4. The van der Waals surface area contributed by atoms with Crippen molar-refractivity contribution in [2.45, 2.75) is 45.1 Å². The molecule has 3 unspecified atom stereocenters. The van der Waals surface area contributed by atoms with Crippen molar-refractivity contribution in [1.82, 2.24) is 5.32 Å². The monoisotopic (exact) mass is 299 g/mol. The Bertz CT molecular complexity index is 419. The standard InChI is InChI=1S/C16H23Cl2N/c1-3-11-7-8-12(9-11)15(19-2)10-13-5-4-6-14(17)16(13)18/h4-6,11-12,15,19H,3,7-10H2,1-2H3. The molecule has 1 fully saturated rings. The van der Waals surface area contributed by atoms with Crippen LogP contribution in [0.25, 0.3) is 0 Å². The van der Waals surface area contributed by atoms with Crippen LogP contribution in [0.1, 0.15) is 38.2 Å². The second kappa shape index (κ2) is 6.97. The van der Waals surface area contributed by atoms with Crippen LogP contribution < -0.4 is 5.32 Å². The van der Waals surface area contributed by atoms with Gasteiger partial charge in [0.25, 0.3) is 0 Å². The van der Waals surface area contributed by atoms with E-state index < -0.39 is 0 Å². The lowest BCUT2D eigenvalue weighted by atomic mass is 9.91. The van der Waals surface area contributed by atoms with Crippen LogP contribution in [0.5, 0.6) is 0 Å². The molecule has 0 spiro atoms. The molecule has 19 heavy (non-hydrogen) atoms. The molecule has 106 valence electrons. The van der Waals surface area contributed by atoms with E-state index in [1.807, 2.05) is 12.1 Å². The summed E-state index contributed by atoms with van der Waals surface area (Å²) in [5.41, 5.74) is 1.16. The molecule has 1 aliphatic carbocycles. The number of halogens is 2. The van der Waals surface area contributed by atoms with Gasteiger partial charge in [0.2, 0.25) is 0 Å². The van der Waals surface area contributed by atoms with Crippen LogP contribution in [0.3, 0.4) is 0 Å². The zero-order chi connectivity index (χ0) is 13.8. The van der Waals surface area contributed by atoms with Crippen molar-refractivity contribution >= 4 is 23.2 Å². The fraction of sp³-hybridized carbons (Fsp3) is 0.625. The SMILES string of the molecule is CCC1CCC(C(Cc2cccc(Cl)c2Cl)NC)C1. The molecule has 1 aromatic carbocycles. The molecule has 0 bridgehead atoms. The first kappa shape index (κ1) is 15.2. The summed E-state index contributed by atoms with van der Waals surface area (Å²) in [6.45, 7) is 2.30. The summed E-state index contributed by atoms with van der Waals surface area (Å²) < 4.78 is 0. The lowest BCUT2D eigenvalue weighted by Gasteiger charge is -2.24. The molecule has 0 amide bonds. The third-order valence-corrected chi connectivity index (χ3v) is 5.43. The minimum Gasteiger partial charge on any atom is -0.316 e. The van der Waals surface area contributed by atoms with E-state index in [1.165, 1.54) is 25.7 Å². The molecule has 3 heteroatoms. The van der Waals surface area contributed by atoms with E-state index in [0.717, 1.165) is 28.8 Å². The van der Waals surface area contributed by atoms with Crippen LogP contribution in [0.2, 0.25) is 10.0 Å². The second-order valence-corrected chi connectivity index (χ2v) is 6.44. The first-order valence-electron chi connectivity index (χ1n) is 7.25. The molecule has 1 aromatic rings. The topological polar surface area (TPSA) is 12.0 Å². The number of benzene rings is 1. The Hall–Kier alpha value is -0.240. The molecule has 2 rings (SSSR count). The van der Waals surface area contributed by atoms with Gasteiger partial charge in [-0.1, -0.05) is 55.1 Å². The Balaban J connectivity index is 2.05. The third-order valence-electron chi connectivity index (χ3n) is 4.57. The van der Waals surface area contributed by atoms with Gasteiger partial charge in [-0.05, 0) is 49.8 Å². The van der Waals surface area contributed by atoms with Gasteiger partial charge < -0.3 is 5.32 Å². The van der Waals surface area contributed by atoms with Gasteiger partial charge in [0.15, 0.2) is 0 Å². The van der Waals surface area contributed by atoms with Crippen molar-refractivity contribution in [2.24, 2.45) is 11.8 Å². The Kier molecular flexibility index (Phi) is 5.56. The van der Waals surface area contributed by atoms with Gasteiger partial charge in [0.05, 0.1) is 10.0 Å². The van der Waals surface area contributed by atoms with Crippen molar-refractivity contribution in [2.75, 3.05) is 7.05 Å². The molecular formula is C16H23Cl2N. The summed E-state index contributed by atoms with van der Waals surface area (Å²) in [5, 5.41) is 4.86. The van der Waals surface area contributed by atoms with Crippen LogP contribution in [0.15, 0.2) is 18.2 Å². The minimum atomic E-state index is 0.507. The molecule has 1 aliphatic rings. The number of likely N-dealkylation sites (N-methyl/N-ethyl adjacent to an activating group) is 1. The first-order valence-corrected chi connectivity index (χ1v) is 8.01. The average molecular weight is 300 g/mol. The largest absolute Gasteiger partial charge is 0.316 e. The van der Waals surface area contributed by atoms with E-state index in [0.29, 0.717) is 11.1 Å².